The van der Waals surface area contributed by atoms with Gasteiger partial charge in [0, 0.05) is 31.0 Å². The van der Waals surface area contributed by atoms with Gasteiger partial charge in [-0.15, -0.1) is 0 Å². The fraction of sp³-hybridized carbons (Fsp3) is 0.333. The Morgan fingerprint density at radius 3 is 2.70 bits per heavy atom. The number of hydrogen-bond acceptors (Lipinski definition) is 7. The van der Waals surface area contributed by atoms with E-state index < -0.39 is 0 Å². The smallest absolute Gasteiger partial charge is 0.415 e. The summed E-state index contributed by atoms with van der Waals surface area (Å²) < 4.78 is 11.2. The molecule has 3 aromatic rings. The molecule has 0 bridgehead atoms. The third kappa shape index (κ3) is 5.73. The number of carbonyl (C=O) groups excluding carboxylic acids is 1. The molecule has 1 N–H and O–H groups in total. The zero-order valence-electron chi connectivity index (χ0n) is 16.4. The van der Waals surface area contributed by atoms with Crippen LogP contribution in [0.5, 0.6) is 11.5 Å². The minimum Gasteiger partial charge on any atom is -0.492 e. The molecule has 0 radical (unpaired) electrons. The maximum Gasteiger partial charge on any atom is 0.415 e. The average Bonchev–Trinajstić information content (AvgIpc) is 3.29. The lowest BCUT2D eigenvalue weighted by atomic mass is 10.1. The van der Waals surface area contributed by atoms with E-state index in [4.69, 9.17) is 9.47 Å². The van der Waals surface area contributed by atoms with E-state index in [2.05, 4.69) is 20.2 Å². The van der Waals surface area contributed by atoms with E-state index in [1.807, 2.05) is 36.4 Å². The number of ether oxygens (including phenoxy) is 2. The van der Waals surface area contributed by atoms with Gasteiger partial charge in [0.1, 0.15) is 17.8 Å². The minimum atomic E-state index is -0.300. The van der Waals surface area contributed by atoms with Crippen LogP contribution in [0, 0.1) is 0 Å². The fourth-order valence-electron chi connectivity index (χ4n) is 3.17. The molecule has 1 saturated heterocycles. The lowest BCUT2D eigenvalue weighted by Crippen LogP contribution is -2.40. The molecule has 156 valence electrons. The molecule has 30 heavy (non-hydrogen) atoms. The van der Waals surface area contributed by atoms with E-state index in [0.717, 1.165) is 35.7 Å². The maximum absolute atomic E-state index is 12.4. The van der Waals surface area contributed by atoms with Crippen LogP contribution in [0.25, 0.3) is 0 Å². The van der Waals surface area contributed by atoms with Crippen molar-refractivity contribution in [1.82, 2.24) is 25.1 Å². The summed E-state index contributed by atoms with van der Waals surface area (Å²) >= 11 is 1.67. The molecule has 1 fully saturated rings. The van der Waals surface area contributed by atoms with Crippen LogP contribution in [-0.4, -0.2) is 56.1 Å². The van der Waals surface area contributed by atoms with Crippen LogP contribution < -0.4 is 9.47 Å². The van der Waals surface area contributed by atoms with Crippen molar-refractivity contribution in [1.29, 1.82) is 0 Å². The van der Waals surface area contributed by atoms with E-state index in [1.165, 1.54) is 6.33 Å². The van der Waals surface area contributed by atoms with Crippen molar-refractivity contribution in [3.8, 4) is 11.5 Å². The third-order valence-corrected chi connectivity index (χ3v) is 6.02. The van der Waals surface area contributed by atoms with Crippen LogP contribution in [-0.2, 0) is 6.42 Å². The van der Waals surface area contributed by atoms with Crippen molar-refractivity contribution in [2.45, 2.75) is 29.7 Å². The summed E-state index contributed by atoms with van der Waals surface area (Å²) in [6.45, 7) is 1.91. The number of likely N-dealkylation sites (tertiary alicyclic amines) is 1. The predicted molar refractivity (Wildman–Crippen MR) is 113 cm³/mol. The number of thioether (sulfide) groups is 1. The average molecular weight is 426 g/mol. The number of pyridine rings is 1. The highest BCUT2D eigenvalue weighted by molar-refractivity contribution is 7.99. The highest BCUT2D eigenvalue weighted by Crippen LogP contribution is 2.28. The zero-order valence-corrected chi connectivity index (χ0v) is 17.3. The van der Waals surface area contributed by atoms with Crippen molar-refractivity contribution in [3.63, 3.8) is 0 Å². The summed E-state index contributed by atoms with van der Waals surface area (Å²) in [6, 6.07) is 11.3. The van der Waals surface area contributed by atoms with Gasteiger partial charge < -0.3 is 14.4 Å². The topological polar surface area (TPSA) is 93.2 Å². The molecule has 0 aliphatic carbocycles. The number of aromatic nitrogens is 4. The van der Waals surface area contributed by atoms with Gasteiger partial charge in [0.05, 0.1) is 12.8 Å². The second kappa shape index (κ2) is 10.1. The maximum atomic E-state index is 12.4. The first-order valence-corrected chi connectivity index (χ1v) is 10.7. The highest BCUT2D eigenvalue weighted by atomic mass is 32.2. The Labute approximate surface area is 179 Å². The Hall–Kier alpha value is -3.07. The molecule has 0 saturated carbocycles. The van der Waals surface area contributed by atoms with Crippen LogP contribution in [0.1, 0.15) is 18.4 Å². The van der Waals surface area contributed by atoms with Gasteiger partial charge in [-0.05, 0) is 42.7 Å². The van der Waals surface area contributed by atoms with Crippen LogP contribution in [0.3, 0.4) is 0 Å². The van der Waals surface area contributed by atoms with E-state index in [9.17, 15) is 4.79 Å². The second-order valence-corrected chi connectivity index (χ2v) is 8.18. The number of nitrogens with one attached hydrogen (secondary N) is 1. The highest BCUT2D eigenvalue weighted by Gasteiger charge is 2.25. The number of H-pyrrole nitrogens is 1. The number of benzene rings is 1. The van der Waals surface area contributed by atoms with Crippen LogP contribution in [0.15, 0.2) is 60.3 Å². The summed E-state index contributed by atoms with van der Waals surface area (Å²) in [4.78, 5) is 22.4. The molecule has 2 aromatic heterocycles. The molecule has 1 amide bonds. The number of hydrogen-bond donors (Lipinski definition) is 1. The first-order chi connectivity index (χ1) is 14.8. The minimum absolute atomic E-state index is 0.300. The summed E-state index contributed by atoms with van der Waals surface area (Å²) in [5.74, 6) is 1.31. The van der Waals surface area contributed by atoms with Gasteiger partial charge in [0.2, 0.25) is 0 Å². The van der Waals surface area contributed by atoms with Crippen molar-refractivity contribution in [2.24, 2.45) is 0 Å². The molecule has 1 aliphatic heterocycles. The number of nitrogens with zero attached hydrogens (tertiary/aromatic N) is 4. The zero-order chi connectivity index (χ0) is 20.6. The van der Waals surface area contributed by atoms with Gasteiger partial charge in [-0.25, -0.2) is 9.78 Å². The first kappa shape index (κ1) is 20.2. The Morgan fingerprint density at radius 1 is 1.17 bits per heavy atom. The van der Waals surface area contributed by atoms with Crippen molar-refractivity contribution in [3.05, 3.63) is 60.7 Å². The molecule has 0 unspecified atom stereocenters. The van der Waals surface area contributed by atoms with Crippen LogP contribution in [0.4, 0.5) is 4.79 Å². The number of piperidine rings is 1. The molecular weight excluding hydrogens is 402 g/mol. The molecule has 0 atom stereocenters. The predicted octanol–water partition coefficient (Wildman–Crippen LogP) is 3.58. The molecule has 1 aliphatic rings. The van der Waals surface area contributed by atoms with Gasteiger partial charge in [-0.2, -0.15) is 5.10 Å². The molecule has 1 aromatic carbocycles. The number of carbonyl (C=O) groups is 1. The van der Waals surface area contributed by atoms with Crippen molar-refractivity contribution >= 4 is 17.9 Å². The molecular formula is C21H23N5O3S. The molecule has 3 heterocycles. The Kier molecular flexibility index (Phi) is 6.81. The Morgan fingerprint density at radius 2 is 2.00 bits per heavy atom. The van der Waals surface area contributed by atoms with Gasteiger partial charge in [0.25, 0.3) is 0 Å². The molecule has 4 rings (SSSR count). The largest absolute Gasteiger partial charge is 0.492 e. The molecule has 9 heteroatoms. The van der Waals surface area contributed by atoms with E-state index in [0.29, 0.717) is 30.7 Å². The molecule has 0 spiro atoms. The van der Waals surface area contributed by atoms with Crippen molar-refractivity contribution in [2.75, 3.05) is 19.7 Å². The lowest BCUT2D eigenvalue weighted by Gasteiger charge is -2.30. The monoisotopic (exact) mass is 425 g/mol. The number of aromatic amines is 1. The summed E-state index contributed by atoms with van der Waals surface area (Å²) in [6.07, 6.45) is 7.18. The standard InChI is InChI=1S/C21H23N5O3S/c27-21(26-11-7-19(8-12-26)30-20-23-15-24-25-20)29-17-5-3-16(4-6-17)9-13-28-18-2-1-10-22-14-18/h1-6,10,14-15,19H,7-9,11-13H2,(H,23,24,25). The summed E-state index contributed by atoms with van der Waals surface area (Å²) in [5, 5.41) is 7.97. The van der Waals surface area contributed by atoms with Crippen LogP contribution in [0.2, 0.25) is 0 Å². The Balaban J connectivity index is 1.19. The fourth-order valence-corrected chi connectivity index (χ4v) is 4.15. The third-order valence-electron chi connectivity index (χ3n) is 4.79. The number of amides is 1. The van der Waals surface area contributed by atoms with Gasteiger partial charge in [0.15, 0.2) is 5.16 Å². The van der Waals surface area contributed by atoms with E-state index in [1.54, 1.807) is 29.1 Å². The van der Waals surface area contributed by atoms with Gasteiger partial charge >= 0.3 is 6.09 Å². The van der Waals surface area contributed by atoms with Gasteiger partial charge in [-0.1, -0.05) is 23.9 Å². The quantitative estimate of drug-likeness (QED) is 0.618. The second-order valence-electron chi connectivity index (χ2n) is 6.89. The van der Waals surface area contributed by atoms with Crippen LogP contribution >= 0.6 is 11.8 Å². The Bertz CT molecular complexity index is 914. The van der Waals surface area contributed by atoms with E-state index in [-0.39, 0.29) is 6.09 Å². The first-order valence-electron chi connectivity index (χ1n) is 9.87. The van der Waals surface area contributed by atoms with E-state index >= 15 is 0 Å². The SMILES string of the molecule is O=C(Oc1ccc(CCOc2cccnc2)cc1)N1CCC(Sc2ncn[nH]2)CC1. The molecule has 8 nitrogen and oxygen atoms in total. The summed E-state index contributed by atoms with van der Waals surface area (Å²) in [5.41, 5.74) is 1.11. The summed E-state index contributed by atoms with van der Waals surface area (Å²) in [7, 11) is 0. The lowest BCUT2D eigenvalue weighted by molar-refractivity contribution is 0.143. The normalized spacial score (nSPS) is 14.5. The number of rotatable bonds is 7. The van der Waals surface area contributed by atoms with Crippen molar-refractivity contribution < 1.29 is 14.3 Å². The van der Waals surface area contributed by atoms with Gasteiger partial charge in [-0.3, -0.25) is 10.1 Å².